The van der Waals surface area contributed by atoms with Crippen molar-refractivity contribution in [3.05, 3.63) is 61.8 Å². The van der Waals surface area contributed by atoms with Crippen molar-refractivity contribution in [1.82, 2.24) is 10.1 Å². The summed E-state index contributed by atoms with van der Waals surface area (Å²) in [5.74, 6) is 0.491. The molecule has 1 N–H and O–H groups in total. The van der Waals surface area contributed by atoms with Gasteiger partial charge in [-0.3, -0.25) is 0 Å². The number of ether oxygens (including phenoxy) is 1. The average Bonchev–Trinajstić information content (AvgIpc) is 3.25. The minimum atomic E-state index is -0.897. The van der Waals surface area contributed by atoms with Crippen LogP contribution in [0.5, 0.6) is 0 Å². The van der Waals surface area contributed by atoms with Crippen molar-refractivity contribution in [2.24, 2.45) is 0 Å². The van der Waals surface area contributed by atoms with Crippen LogP contribution in [0.2, 0.25) is 5.02 Å². The Morgan fingerprint density at radius 3 is 2.67 bits per heavy atom. The lowest BCUT2D eigenvalue weighted by Crippen LogP contribution is -2.45. The molecule has 7 nitrogen and oxygen atoms in total. The number of hydrogen-bond donors (Lipinski definition) is 1. The number of halogens is 1. The van der Waals surface area contributed by atoms with Crippen molar-refractivity contribution in [2.45, 2.75) is 76.2 Å². The van der Waals surface area contributed by atoms with Crippen molar-refractivity contribution in [2.75, 3.05) is 4.90 Å². The number of benzene rings is 1. The number of aromatic carboxylic acids is 1. The average molecular weight is 582 g/mol. The number of piperidine rings is 1. The Morgan fingerprint density at radius 2 is 1.97 bits per heavy atom. The molecule has 0 amide bonds. The van der Waals surface area contributed by atoms with Gasteiger partial charge in [-0.2, -0.15) is 0 Å². The first-order valence-electron chi connectivity index (χ1n) is 13.4. The van der Waals surface area contributed by atoms with Gasteiger partial charge in [0.15, 0.2) is 5.13 Å². The highest BCUT2D eigenvalue weighted by Gasteiger charge is 2.43. The lowest BCUT2D eigenvalue weighted by molar-refractivity contribution is 0.0147. The Labute approximate surface area is 239 Å². The van der Waals surface area contributed by atoms with E-state index in [0.29, 0.717) is 34.5 Å². The molecule has 1 aliphatic carbocycles. The van der Waals surface area contributed by atoms with Crippen LogP contribution in [0, 0.1) is 6.92 Å². The first kappa shape index (κ1) is 25.3. The minimum absolute atomic E-state index is 0.162. The first-order valence-corrected chi connectivity index (χ1v) is 15.5. The highest BCUT2D eigenvalue weighted by atomic mass is 35.5. The fourth-order valence-electron chi connectivity index (χ4n) is 6.13. The molecule has 7 rings (SSSR count). The maximum Gasteiger partial charge on any atom is 0.345 e. The zero-order valence-electron chi connectivity index (χ0n) is 21.4. The third-order valence-corrected chi connectivity index (χ3v) is 10.3. The molecule has 39 heavy (non-hydrogen) atoms. The van der Waals surface area contributed by atoms with Crippen LogP contribution in [-0.4, -0.2) is 39.4 Å². The maximum atomic E-state index is 11.3. The van der Waals surface area contributed by atoms with Gasteiger partial charge in [-0.15, -0.1) is 22.7 Å². The number of aromatic nitrogens is 2. The largest absolute Gasteiger partial charge is 0.477 e. The van der Waals surface area contributed by atoms with E-state index in [1.807, 2.05) is 22.9 Å². The molecule has 3 fully saturated rings. The molecule has 4 aromatic rings. The molecule has 1 aromatic carbocycles. The first-order chi connectivity index (χ1) is 19.0. The molecule has 3 aromatic heterocycles. The summed E-state index contributed by atoms with van der Waals surface area (Å²) in [6.45, 7) is 2.53. The van der Waals surface area contributed by atoms with Crippen LogP contribution < -0.4 is 4.90 Å². The van der Waals surface area contributed by atoms with Crippen LogP contribution in [0.15, 0.2) is 39.5 Å². The standard InChI is InChI=1S/C29H28ClN3O4S2/c1-15-3-2-4-22(30)25(15)26-21(27(37-32-26)16-5-6-16)12-36-20-10-18-7-8-19(11-20)33(18)29-31-23(14-39-29)17-9-24(28(34)35)38-13-17/h2-4,9,13-14,16,18-20H,5-8,10-12H2,1H3,(H,34,35)/t18-,19+,20+. The number of thiophene rings is 1. The Bertz CT molecular complexity index is 1510. The molecular formula is C29H28ClN3O4S2. The number of fused-ring (bicyclic) bond motifs is 2. The molecule has 0 radical (unpaired) electrons. The smallest absolute Gasteiger partial charge is 0.345 e. The number of hydrogen-bond acceptors (Lipinski definition) is 8. The van der Waals surface area contributed by atoms with E-state index in [4.69, 9.17) is 25.8 Å². The third kappa shape index (κ3) is 4.69. The van der Waals surface area contributed by atoms with E-state index >= 15 is 0 Å². The molecule has 2 saturated heterocycles. The maximum absolute atomic E-state index is 11.3. The van der Waals surface area contributed by atoms with E-state index in [1.54, 1.807) is 17.4 Å². The van der Waals surface area contributed by atoms with E-state index in [1.165, 1.54) is 11.3 Å². The number of rotatable bonds is 8. The summed E-state index contributed by atoms with van der Waals surface area (Å²) in [7, 11) is 0. The quantitative estimate of drug-likeness (QED) is 0.227. The molecule has 2 bridgehead atoms. The van der Waals surface area contributed by atoms with Gasteiger partial charge in [-0.05, 0) is 63.1 Å². The van der Waals surface area contributed by atoms with Crippen LogP contribution in [0.25, 0.3) is 22.5 Å². The number of aryl methyl sites for hydroxylation is 1. The molecule has 5 heterocycles. The lowest BCUT2D eigenvalue weighted by Gasteiger charge is -2.38. The SMILES string of the molecule is Cc1cccc(Cl)c1-c1noc(C2CC2)c1CO[C@H]1C[C@H]2CC[C@@H](C1)N2c1nc(-c2csc(C(=O)O)c2)cs1. The Balaban J connectivity index is 1.07. The molecule has 202 valence electrons. The molecule has 0 spiro atoms. The van der Waals surface area contributed by atoms with Gasteiger partial charge < -0.3 is 19.3 Å². The van der Waals surface area contributed by atoms with Crippen molar-refractivity contribution in [1.29, 1.82) is 0 Å². The van der Waals surface area contributed by atoms with E-state index in [2.05, 4.69) is 23.0 Å². The van der Waals surface area contributed by atoms with Crippen LogP contribution >= 0.6 is 34.3 Å². The summed E-state index contributed by atoms with van der Waals surface area (Å²) in [5.41, 5.74) is 5.59. The summed E-state index contributed by atoms with van der Waals surface area (Å²) in [4.78, 5) is 19.0. The van der Waals surface area contributed by atoms with Crippen molar-refractivity contribution in [3.8, 4) is 22.5 Å². The molecule has 3 aliphatic rings. The number of carbonyl (C=O) groups is 1. The zero-order chi connectivity index (χ0) is 26.7. The fraction of sp³-hybridized carbons (Fsp3) is 0.414. The van der Waals surface area contributed by atoms with Gasteiger partial charge in [0.2, 0.25) is 0 Å². The Kier molecular flexibility index (Phi) is 6.50. The predicted molar refractivity (Wildman–Crippen MR) is 153 cm³/mol. The highest BCUT2D eigenvalue weighted by Crippen LogP contribution is 2.47. The van der Waals surface area contributed by atoms with Crippen molar-refractivity contribution in [3.63, 3.8) is 0 Å². The number of thiazole rings is 1. The minimum Gasteiger partial charge on any atom is -0.477 e. The van der Waals surface area contributed by atoms with Crippen molar-refractivity contribution < 1.29 is 19.2 Å². The summed E-state index contributed by atoms with van der Waals surface area (Å²) in [5, 5.41) is 19.3. The van der Waals surface area contributed by atoms with Crippen LogP contribution in [0.1, 0.15) is 71.0 Å². The fourth-order valence-corrected chi connectivity index (χ4v) is 8.16. The Morgan fingerprint density at radius 1 is 1.18 bits per heavy atom. The zero-order valence-corrected chi connectivity index (χ0v) is 23.8. The topological polar surface area (TPSA) is 88.7 Å². The second-order valence-corrected chi connectivity index (χ2v) is 13.0. The van der Waals surface area contributed by atoms with Crippen molar-refractivity contribution >= 4 is 45.4 Å². The summed E-state index contributed by atoms with van der Waals surface area (Å²) in [6, 6.07) is 8.40. The summed E-state index contributed by atoms with van der Waals surface area (Å²) < 4.78 is 12.5. The van der Waals surface area contributed by atoms with Crippen LogP contribution in [0.3, 0.4) is 0 Å². The van der Waals surface area contributed by atoms with Gasteiger partial charge in [0, 0.05) is 45.5 Å². The van der Waals surface area contributed by atoms with Gasteiger partial charge in [0.1, 0.15) is 16.3 Å². The molecule has 0 unspecified atom stereocenters. The van der Waals surface area contributed by atoms with Gasteiger partial charge in [0.25, 0.3) is 0 Å². The van der Waals surface area contributed by atoms with Gasteiger partial charge in [0.05, 0.1) is 23.4 Å². The Hall–Kier alpha value is -2.72. The van der Waals surface area contributed by atoms with E-state index < -0.39 is 5.97 Å². The molecular weight excluding hydrogens is 554 g/mol. The normalized spacial score (nSPS) is 22.5. The predicted octanol–water partition coefficient (Wildman–Crippen LogP) is 7.78. The second kappa shape index (κ2) is 10.0. The number of anilines is 1. The summed E-state index contributed by atoms with van der Waals surface area (Å²) >= 11 is 9.49. The highest BCUT2D eigenvalue weighted by molar-refractivity contribution is 7.14. The summed E-state index contributed by atoms with van der Waals surface area (Å²) in [6.07, 6.45) is 6.59. The molecule has 3 atom stereocenters. The van der Waals surface area contributed by atoms with Gasteiger partial charge in [-0.1, -0.05) is 28.9 Å². The molecule has 10 heteroatoms. The molecule has 1 saturated carbocycles. The third-order valence-electron chi connectivity index (χ3n) is 8.20. The molecule has 2 aliphatic heterocycles. The lowest BCUT2D eigenvalue weighted by atomic mass is 9.99. The number of nitrogens with zero attached hydrogens (tertiary/aromatic N) is 3. The number of carboxylic acid groups (broad SMARTS) is 1. The second-order valence-electron chi connectivity index (χ2n) is 10.8. The van der Waals surface area contributed by atoms with E-state index in [9.17, 15) is 9.90 Å². The number of carboxylic acids is 1. The van der Waals surface area contributed by atoms with E-state index in [0.717, 1.165) is 83.1 Å². The monoisotopic (exact) mass is 581 g/mol. The van der Waals surface area contributed by atoms with E-state index in [-0.39, 0.29) is 6.10 Å². The van der Waals surface area contributed by atoms with Gasteiger partial charge >= 0.3 is 5.97 Å². The van der Waals surface area contributed by atoms with Gasteiger partial charge in [-0.25, -0.2) is 9.78 Å². The van der Waals surface area contributed by atoms with Crippen LogP contribution in [-0.2, 0) is 11.3 Å². The van der Waals surface area contributed by atoms with Crippen LogP contribution in [0.4, 0.5) is 5.13 Å².